The molecule has 0 atom stereocenters. The zero-order chi connectivity index (χ0) is 19.3. The van der Waals surface area contributed by atoms with Gasteiger partial charge in [-0.2, -0.15) is 0 Å². The van der Waals surface area contributed by atoms with Crippen LogP contribution in [0.25, 0.3) is 33.0 Å². The van der Waals surface area contributed by atoms with Gasteiger partial charge in [-0.3, -0.25) is 0 Å². The number of aryl methyl sites for hydroxylation is 2. The first-order valence-corrected chi connectivity index (χ1v) is 9.85. The Labute approximate surface area is 164 Å². The van der Waals surface area contributed by atoms with E-state index in [0.717, 1.165) is 38.5 Å². The molecule has 3 heterocycles. The van der Waals surface area contributed by atoms with Crippen molar-refractivity contribution in [3.05, 3.63) is 69.6 Å². The van der Waals surface area contributed by atoms with Gasteiger partial charge in [0.05, 0.1) is 0 Å². The molecule has 0 aliphatic carbocycles. The number of aromatic amines is 1. The second-order valence-corrected chi connectivity index (χ2v) is 7.67. The van der Waals surface area contributed by atoms with Gasteiger partial charge in [0.25, 0.3) is 0 Å². The van der Waals surface area contributed by atoms with Crippen LogP contribution >= 0.6 is 11.8 Å². The standard InChI is InChI=1S/C21H16N4O2S/c1-11-7-8-14-13(9-17(26)27-19(14)12(11)2)10-28-21-23-20-18(24-25-21)15-5-3-4-6-16(15)22-20/h3-9H,10H2,1-2H3,(H,22,23,25). The van der Waals surface area contributed by atoms with Crippen LogP contribution in [-0.4, -0.2) is 20.2 Å². The van der Waals surface area contributed by atoms with E-state index in [0.29, 0.717) is 22.1 Å². The molecule has 3 aromatic heterocycles. The summed E-state index contributed by atoms with van der Waals surface area (Å²) >= 11 is 1.45. The lowest BCUT2D eigenvalue weighted by Crippen LogP contribution is -2.02. The van der Waals surface area contributed by atoms with E-state index in [4.69, 9.17) is 4.42 Å². The molecule has 0 radical (unpaired) electrons. The molecule has 5 rings (SSSR count). The fourth-order valence-corrected chi connectivity index (χ4v) is 4.13. The van der Waals surface area contributed by atoms with Crippen molar-refractivity contribution in [3.8, 4) is 0 Å². The SMILES string of the molecule is Cc1ccc2c(CSc3nnc4c(n3)[nH]c3ccccc34)cc(=O)oc2c1C. The van der Waals surface area contributed by atoms with Crippen LogP contribution in [0.3, 0.4) is 0 Å². The quantitative estimate of drug-likeness (QED) is 0.361. The summed E-state index contributed by atoms with van der Waals surface area (Å²) in [6.45, 7) is 3.97. The topological polar surface area (TPSA) is 84.7 Å². The third-order valence-electron chi connectivity index (χ3n) is 4.98. The van der Waals surface area contributed by atoms with Gasteiger partial charge in [0.1, 0.15) is 11.1 Å². The summed E-state index contributed by atoms with van der Waals surface area (Å²) in [5, 5.41) is 11.1. The number of nitrogens with zero attached hydrogens (tertiary/aromatic N) is 3. The molecule has 28 heavy (non-hydrogen) atoms. The Balaban J connectivity index is 1.52. The minimum absolute atomic E-state index is 0.345. The van der Waals surface area contributed by atoms with Crippen LogP contribution in [-0.2, 0) is 5.75 Å². The van der Waals surface area contributed by atoms with Crippen molar-refractivity contribution in [2.24, 2.45) is 0 Å². The summed E-state index contributed by atoms with van der Waals surface area (Å²) in [6.07, 6.45) is 0. The smallest absolute Gasteiger partial charge is 0.336 e. The first-order chi connectivity index (χ1) is 13.6. The molecule has 138 valence electrons. The molecule has 7 heteroatoms. The van der Waals surface area contributed by atoms with E-state index < -0.39 is 0 Å². The van der Waals surface area contributed by atoms with Gasteiger partial charge in [0, 0.05) is 28.1 Å². The van der Waals surface area contributed by atoms with E-state index in [-0.39, 0.29) is 5.63 Å². The van der Waals surface area contributed by atoms with Crippen LogP contribution < -0.4 is 5.63 Å². The second kappa shape index (κ2) is 6.45. The molecule has 0 spiro atoms. The van der Waals surface area contributed by atoms with Gasteiger partial charge in [-0.05, 0) is 36.6 Å². The minimum Gasteiger partial charge on any atom is -0.422 e. The molecule has 0 bridgehead atoms. The van der Waals surface area contributed by atoms with Crippen molar-refractivity contribution in [2.45, 2.75) is 24.8 Å². The fourth-order valence-electron chi connectivity index (χ4n) is 3.35. The van der Waals surface area contributed by atoms with Gasteiger partial charge in [0.15, 0.2) is 5.65 Å². The number of nitrogens with one attached hydrogen (secondary N) is 1. The van der Waals surface area contributed by atoms with Crippen LogP contribution in [0.15, 0.2) is 56.8 Å². The van der Waals surface area contributed by atoms with Gasteiger partial charge < -0.3 is 9.40 Å². The Morgan fingerprint density at radius 2 is 1.93 bits per heavy atom. The molecule has 1 N–H and O–H groups in total. The second-order valence-electron chi connectivity index (χ2n) is 6.73. The normalized spacial score (nSPS) is 11.6. The van der Waals surface area contributed by atoms with Crippen molar-refractivity contribution in [3.63, 3.8) is 0 Å². The molecule has 0 fully saturated rings. The zero-order valence-electron chi connectivity index (χ0n) is 15.3. The Kier molecular flexibility index (Phi) is 3.91. The van der Waals surface area contributed by atoms with Gasteiger partial charge >= 0.3 is 5.63 Å². The lowest BCUT2D eigenvalue weighted by molar-refractivity contribution is 0.557. The molecular formula is C21H16N4O2S. The Morgan fingerprint density at radius 3 is 2.82 bits per heavy atom. The van der Waals surface area contributed by atoms with Crippen molar-refractivity contribution in [1.82, 2.24) is 20.2 Å². The highest BCUT2D eigenvalue weighted by Gasteiger charge is 2.12. The maximum Gasteiger partial charge on any atom is 0.336 e. The third-order valence-corrected chi connectivity index (χ3v) is 5.86. The number of para-hydroxylation sites is 1. The highest BCUT2D eigenvalue weighted by Crippen LogP contribution is 2.28. The molecule has 0 unspecified atom stereocenters. The van der Waals surface area contributed by atoms with E-state index in [1.165, 1.54) is 11.8 Å². The predicted molar refractivity (Wildman–Crippen MR) is 111 cm³/mol. The molecule has 2 aromatic carbocycles. The average molecular weight is 388 g/mol. The molecule has 5 aromatic rings. The highest BCUT2D eigenvalue weighted by atomic mass is 32.2. The predicted octanol–water partition coefficient (Wildman–Crippen LogP) is 4.52. The van der Waals surface area contributed by atoms with Crippen LogP contribution in [0.5, 0.6) is 0 Å². The highest BCUT2D eigenvalue weighted by molar-refractivity contribution is 7.98. The molecule has 0 aliphatic rings. The van der Waals surface area contributed by atoms with E-state index in [1.807, 2.05) is 50.2 Å². The lowest BCUT2D eigenvalue weighted by atomic mass is 10.0. The van der Waals surface area contributed by atoms with Crippen molar-refractivity contribution in [2.75, 3.05) is 0 Å². The monoisotopic (exact) mass is 388 g/mol. The number of hydrogen-bond acceptors (Lipinski definition) is 6. The molecular weight excluding hydrogens is 372 g/mol. The summed E-state index contributed by atoms with van der Waals surface area (Å²) in [6, 6.07) is 13.5. The van der Waals surface area contributed by atoms with E-state index >= 15 is 0 Å². The maximum atomic E-state index is 12.0. The molecule has 6 nitrogen and oxygen atoms in total. The lowest BCUT2D eigenvalue weighted by Gasteiger charge is -2.08. The summed E-state index contributed by atoms with van der Waals surface area (Å²) in [5.74, 6) is 0.554. The van der Waals surface area contributed by atoms with Crippen molar-refractivity contribution < 1.29 is 4.42 Å². The van der Waals surface area contributed by atoms with Crippen LogP contribution in [0.4, 0.5) is 0 Å². The Hall–Kier alpha value is -3.19. The van der Waals surface area contributed by atoms with Gasteiger partial charge in [0.2, 0.25) is 5.16 Å². The zero-order valence-corrected chi connectivity index (χ0v) is 16.1. The first-order valence-electron chi connectivity index (χ1n) is 8.87. The van der Waals surface area contributed by atoms with Gasteiger partial charge in [-0.25, -0.2) is 9.78 Å². The minimum atomic E-state index is -0.345. The number of fused-ring (bicyclic) bond motifs is 4. The number of aromatic nitrogens is 4. The average Bonchev–Trinajstić information content (AvgIpc) is 3.07. The fraction of sp³-hybridized carbons (Fsp3) is 0.143. The van der Waals surface area contributed by atoms with Crippen LogP contribution in [0, 0.1) is 13.8 Å². The van der Waals surface area contributed by atoms with Gasteiger partial charge in [-0.1, -0.05) is 42.1 Å². The molecule has 0 aliphatic heterocycles. The number of thioether (sulfide) groups is 1. The van der Waals surface area contributed by atoms with Crippen LogP contribution in [0.2, 0.25) is 0 Å². The maximum absolute atomic E-state index is 12.0. The third kappa shape index (κ3) is 2.75. The van der Waals surface area contributed by atoms with E-state index in [2.05, 4.69) is 20.2 Å². The largest absolute Gasteiger partial charge is 0.422 e. The van der Waals surface area contributed by atoms with E-state index in [1.54, 1.807) is 6.07 Å². The Morgan fingerprint density at radius 1 is 1.07 bits per heavy atom. The number of rotatable bonds is 3. The molecule has 0 amide bonds. The van der Waals surface area contributed by atoms with Crippen molar-refractivity contribution >= 4 is 44.8 Å². The van der Waals surface area contributed by atoms with Gasteiger partial charge in [-0.15, -0.1) is 10.2 Å². The molecule has 0 saturated carbocycles. The summed E-state index contributed by atoms with van der Waals surface area (Å²) in [4.78, 5) is 19.9. The molecule has 0 saturated heterocycles. The number of hydrogen-bond donors (Lipinski definition) is 1. The first kappa shape index (κ1) is 16.9. The van der Waals surface area contributed by atoms with Crippen LogP contribution in [0.1, 0.15) is 16.7 Å². The Bertz CT molecular complexity index is 1420. The number of H-pyrrole nitrogens is 1. The van der Waals surface area contributed by atoms with Crippen molar-refractivity contribution in [1.29, 1.82) is 0 Å². The summed E-state index contributed by atoms with van der Waals surface area (Å²) in [7, 11) is 0. The summed E-state index contributed by atoms with van der Waals surface area (Å²) < 4.78 is 5.44. The number of benzene rings is 2. The van der Waals surface area contributed by atoms with E-state index in [9.17, 15) is 4.79 Å². The summed E-state index contributed by atoms with van der Waals surface area (Å²) in [5.41, 5.74) is 5.74.